The Hall–Kier alpha value is -3.12. The molecule has 3 aromatic rings. The quantitative estimate of drug-likeness (QED) is 0.508. The predicted octanol–water partition coefficient (Wildman–Crippen LogP) is 5.34. The summed E-state index contributed by atoms with van der Waals surface area (Å²) in [5.41, 5.74) is 5.85. The molecule has 3 rings (SSSR count). The highest BCUT2D eigenvalue weighted by Crippen LogP contribution is 2.30. The van der Waals surface area contributed by atoms with Gasteiger partial charge in [-0.1, -0.05) is 35.9 Å². The van der Waals surface area contributed by atoms with Crippen LogP contribution < -0.4 is 9.04 Å². The van der Waals surface area contributed by atoms with Gasteiger partial charge in [0.1, 0.15) is 5.75 Å². The number of benzene rings is 3. The van der Waals surface area contributed by atoms with Crippen LogP contribution in [0.2, 0.25) is 0 Å². The Kier molecular flexibility index (Phi) is 6.74. The first-order valence-electron chi connectivity index (χ1n) is 10.4. The van der Waals surface area contributed by atoms with Gasteiger partial charge < -0.3 is 4.74 Å². The maximum Gasteiger partial charge on any atom is 0.278 e. The molecule has 0 aliphatic rings. The molecule has 32 heavy (non-hydrogen) atoms. The number of sulfonamides is 1. The van der Waals surface area contributed by atoms with E-state index in [1.165, 1.54) is 12.1 Å². The fourth-order valence-corrected chi connectivity index (χ4v) is 4.99. The zero-order chi connectivity index (χ0) is 23.6. The Morgan fingerprint density at radius 1 is 0.812 bits per heavy atom. The lowest BCUT2D eigenvalue weighted by molar-refractivity contribution is -0.119. The van der Waals surface area contributed by atoms with E-state index in [0.717, 1.165) is 37.7 Å². The molecule has 0 bridgehead atoms. The van der Waals surface area contributed by atoms with Crippen LogP contribution in [0.5, 0.6) is 5.75 Å². The van der Waals surface area contributed by atoms with Gasteiger partial charge in [-0.15, -0.1) is 0 Å². The summed E-state index contributed by atoms with van der Waals surface area (Å²) in [4.78, 5) is 13.4. The van der Waals surface area contributed by atoms with Gasteiger partial charge >= 0.3 is 0 Å². The zero-order valence-electron chi connectivity index (χ0n) is 19.4. The van der Waals surface area contributed by atoms with E-state index in [1.54, 1.807) is 24.3 Å². The van der Waals surface area contributed by atoms with Crippen molar-refractivity contribution in [2.75, 3.05) is 10.9 Å². The Balaban J connectivity index is 2.04. The Morgan fingerprint density at radius 2 is 1.47 bits per heavy atom. The minimum atomic E-state index is -4.14. The third-order valence-electron chi connectivity index (χ3n) is 5.70. The molecule has 1 amide bonds. The minimum absolute atomic E-state index is 0.0555. The first kappa shape index (κ1) is 23.5. The highest BCUT2D eigenvalue weighted by molar-refractivity contribution is 7.93. The number of aryl methyl sites for hydroxylation is 4. The topological polar surface area (TPSA) is 63.7 Å². The molecule has 0 fully saturated rings. The van der Waals surface area contributed by atoms with Crippen molar-refractivity contribution < 1.29 is 17.9 Å². The van der Waals surface area contributed by atoms with Crippen molar-refractivity contribution in [3.63, 3.8) is 0 Å². The largest absolute Gasteiger partial charge is 0.483 e. The minimum Gasteiger partial charge on any atom is -0.483 e. The fourth-order valence-electron chi connectivity index (χ4n) is 3.52. The molecular weight excluding hydrogens is 422 g/mol. The Labute approximate surface area is 190 Å². The number of carbonyl (C=O) groups is 1. The van der Waals surface area contributed by atoms with Gasteiger partial charge in [-0.25, -0.2) is 8.42 Å². The van der Waals surface area contributed by atoms with Crippen molar-refractivity contribution in [2.24, 2.45) is 0 Å². The number of carbonyl (C=O) groups excluding carboxylic acids is 1. The molecule has 5 nitrogen and oxygen atoms in total. The van der Waals surface area contributed by atoms with E-state index in [4.69, 9.17) is 4.74 Å². The van der Waals surface area contributed by atoms with Gasteiger partial charge in [0.05, 0.1) is 10.6 Å². The predicted molar refractivity (Wildman–Crippen MR) is 128 cm³/mol. The van der Waals surface area contributed by atoms with Crippen LogP contribution in [0.4, 0.5) is 5.69 Å². The standard InChI is InChI=1S/C26H29NO4S/c1-17-10-12-23(13-11-17)32(29,30)27(24-9-7-8-19(3)21(24)5)26(28)16-31-25-15-18(2)14-20(4)22(25)6/h7-15H,16H2,1-6H3. The number of rotatable bonds is 6. The number of anilines is 1. The molecule has 0 spiro atoms. The number of ether oxygens (including phenoxy) is 1. The van der Waals surface area contributed by atoms with E-state index in [1.807, 2.05) is 59.7 Å². The molecule has 0 saturated heterocycles. The monoisotopic (exact) mass is 451 g/mol. The molecule has 0 heterocycles. The SMILES string of the molecule is Cc1ccc(S(=O)(=O)N(C(=O)COc2cc(C)cc(C)c2C)c2cccc(C)c2C)cc1. The number of hydrogen-bond acceptors (Lipinski definition) is 4. The first-order chi connectivity index (χ1) is 15.0. The van der Waals surface area contributed by atoms with Crippen molar-refractivity contribution in [1.29, 1.82) is 0 Å². The summed E-state index contributed by atoms with van der Waals surface area (Å²) in [6.07, 6.45) is 0. The Bertz CT molecular complexity index is 1260. The smallest absolute Gasteiger partial charge is 0.278 e. The van der Waals surface area contributed by atoms with Crippen LogP contribution in [-0.4, -0.2) is 20.9 Å². The number of hydrogen-bond donors (Lipinski definition) is 0. The molecule has 0 saturated carbocycles. The van der Waals surface area contributed by atoms with Crippen molar-refractivity contribution in [3.05, 3.63) is 88.0 Å². The van der Waals surface area contributed by atoms with Gasteiger partial charge in [-0.05, 0) is 93.6 Å². The molecule has 0 N–H and O–H groups in total. The van der Waals surface area contributed by atoms with Crippen LogP contribution in [0.1, 0.15) is 33.4 Å². The first-order valence-corrected chi connectivity index (χ1v) is 11.9. The van der Waals surface area contributed by atoms with E-state index in [2.05, 4.69) is 0 Å². The third-order valence-corrected chi connectivity index (χ3v) is 7.44. The van der Waals surface area contributed by atoms with Crippen LogP contribution in [0, 0.1) is 41.5 Å². The molecule has 0 unspecified atom stereocenters. The molecule has 0 atom stereocenters. The summed E-state index contributed by atoms with van der Waals surface area (Å²) >= 11 is 0. The highest BCUT2D eigenvalue weighted by atomic mass is 32.2. The van der Waals surface area contributed by atoms with E-state index in [9.17, 15) is 13.2 Å². The fraction of sp³-hybridized carbons (Fsp3) is 0.269. The average molecular weight is 452 g/mol. The van der Waals surface area contributed by atoms with E-state index in [-0.39, 0.29) is 4.90 Å². The van der Waals surface area contributed by atoms with Gasteiger partial charge in [0.15, 0.2) is 6.61 Å². The second kappa shape index (κ2) is 9.17. The summed E-state index contributed by atoms with van der Waals surface area (Å²) < 4.78 is 33.9. The van der Waals surface area contributed by atoms with Crippen LogP contribution in [0.25, 0.3) is 0 Å². The van der Waals surface area contributed by atoms with Crippen molar-refractivity contribution in [1.82, 2.24) is 0 Å². The van der Waals surface area contributed by atoms with E-state index in [0.29, 0.717) is 11.4 Å². The maximum absolute atomic E-state index is 13.6. The lowest BCUT2D eigenvalue weighted by Crippen LogP contribution is -2.40. The van der Waals surface area contributed by atoms with Gasteiger partial charge in [0.2, 0.25) is 0 Å². The number of nitrogens with zero attached hydrogens (tertiary/aromatic N) is 1. The molecular formula is C26H29NO4S. The molecule has 168 valence electrons. The molecule has 0 aliphatic carbocycles. The lowest BCUT2D eigenvalue weighted by atomic mass is 10.1. The summed E-state index contributed by atoms with van der Waals surface area (Å²) in [5.74, 6) is -0.0812. The summed E-state index contributed by atoms with van der Waals surface area (Å²) in [5, 5.41) is 0. The highest BCUT2D eigenvalue weighted by Gasteiger charge is 2.32. The van der Waals surface area contributed by atoms with Crippen LogP contribution >= 0.6 is 0 Å². The molecule has 6 heteroatoms. The second-order valence-corrected chi connectivity index (χ2v) is 9.98. The van der Waals surface area contributed by atoms with Gasteiger partial charge in [-0.3, -0.25) is 4.79 Å². The van der Waals surface area contributed by atoms with Crippen molar-refractivity contribution >= 4 is 21.6 Å². The van der Waals surface area contributed by atoms with Crippen LogP contribution in [0.3, 0.4) is 0 Å². The summed E-state index contributed by atoms with van der Waals surface area (Å²) in [6, 6.07) is 15.6. The van der Waals surface area contributed by atoms with Gasteiger partial charge in [0.25, 0.3) is 15.9 Å². The zero-order valence-corrected chi connectivity index (χ0v) is 20.2. The van der Waals surface area contributed by atoms with Crippen molar-refractivity contribution in [2.45, 2.75) is 46.4 Å². The third kappa shape index (κ3) is 4.70. The number of amides is 1. The van der Waals surface area contributed by atoms with E-state index < -0.39 is 22.5 Å². The normalized spacial score (nSPS) is 11.3. The average Bonchev–Trinajstić information content (AvgIpc) is 2.73. The molecule has 0 aliphatic heterocycles. The second-order valence-electron chi connectivity index (χ2n) is 8.19. The van der Waals surface area contributed by atoms with E-state index >= 15 is 0 Å². The maximum atomic E-state index is 13.6. The summed E-state index contributed by atoms with van der Waals surface area (Å²) in [6.45, 7) is 11.0. The molecule has 0 aromatic heterocycles. The van der Waals surface area contributed by atoms with Gasteiger partial charge in [0, 0.05) is 0 Å². The molecule has 3 aromatic carbocycles. The van der Waals surface area contributed by atoms with Gasteiger partial charge in [-0.2, -0.15) is 4.31 Å². The molecule has 0 radical (unpaired) electrons. The van der Waals surface area contributed by atoms with Crippen LogP contribution in [0.15, 0.2) is 59.5 Å². The van der Waals surface area contributed by atoms with Crippen LogP contribution in [-0.2, 0) is 14.8 Å². The Morgan fingerprint density at radius 3 is 2.12 bits per heavy atom. The lowest BCUT2D eigenvalue weighted by Gasteiger charge is -2.25. The summed E-state index contributed by atoms with van der Waals surface area (Å²) in [7, 11) is -4.14. The van der Waals surface area contributed by atoms with Crippen molar-refractivity contribution in [3.8, 4) is 5.75 Å².